The fraction of sp³-hybridized carbons (Fsp3) is 0.320. The summed E-state index contributed by atoms with van der Waals surface area (Å²) < 4.78 is 0. The highest BCUT2D eigenvalue weighted by Crippen LogP contribution is 2.31. The number of para-hydroxylation sites is 1. The minimum atomic E-state index is -0.159. The monoisotopic (exact) mass is 386 g/mol. The van der Waals surface area contributed by atoms with E-state index < -0.39 is 0 Å². The van der Waals surface area contributed by atoms with Gasteiger partial charge in [-0.05, 0) is 48.9 Å². The van der Waals surface area contributed by atoms with Gasteiger partial charge in [0, 0.05) is 22.6 Å². The third-order valence-corrected chi connectivity index (χ3v) is 5.70. The molecule has 1 N–H and O–H groups in total. The van der Waals surface area contributed by atoms with Gasteiger partial charge in [-0.2, -0.15) is 0 Å². The second-order valence-corrected chi connectivity index (χ2v) is 7.95. The summed E-state index contributed by atoms with van der Waals surface area (Å²) in [5.41, 5.74) is 5.81. The Kier molecular flexibility index (Phi) is 5.18. The molecule has 1 aliphatic rings. The van der Waals surface area contributed by atoms with Crippen molar-refractivity contribution in [2.75, 3.05) is 5.32 Å². The number of aryl methyl sites for hydroxylation is 2. The van der Waals surface area contributed by atoms with Gasteiger partial charge >= 0.3 is 0 Å². The summed E-state index contributed by atoms with van der Waals surface area (Å²) in [4.78, 5) is 31.2. The average Bonchev–Trinajstić information content (AvgIpc) is 3.18. The molecule has 1 amide bonds. The van der Waals surface area contributed by atoms with Gasteiger partial charge in [-0.3, -0.25) is 14.6 Å². The van der Waals surface area contributed by atoms with Crippen LogP contribution in [0.3, 0.4) is 0 Å². The van der Waals surface area contributed by atoms with Crippen molar-refractivity contribution in [1.82, 2.24) is 4.98 Å². The van der Waals surface area contributed by atoms with Crippen molar-refractivity contribution in [3.8, 4) is 0 Å². The molecule has 4 heteroatoms. The predicted octanol–water partition coefficient (Wildman–Crippen LogP) is 5.38. The Hall–Kier alpha value is -3.01. The van der Waals surface area contributed by atoms with E-state index in [0.717, 1.165) is 53.4 Å². The molecule has 0 atom stereocenters. The quantitative estimate of drug-likeness (QED) is 0.599. The van der Waals surface area contributed by atoms with Crippen molar-refractivity contribution in [3.05, 3.63) is 70.4 Å². The Balaban J connectivity index is 1.82. The summed E-state index contributed by atoms with van der Waals surface area (Å²) in [5.74, 6) is -0.236. The van der Waals surface area contributed by atoms with Gasteiger partial charge < -0.3 is 5.32 Å². The Morgan fingerprint density at radius 3 is 2.59 bits per heavy atom. The van der Waals surface area contributed by atoms with Crippen molar-refractivity contribution < 1.29 is 9.59 Å². The zero-order valence-electron chi connectivity index (χ0n) is 17.2. The lowest BCUT2D eigenvalue weighted by Gasteiger charge is -2.17. The van der Waals surface area contributed by atoms with Gasteiger partial charge in [-0.15, -0.1) is 0 Å². The lowest BCUT2D eigenvalue weighted by Crippen LogP contribution is -2.20. The molecule has 4 nitrogen and oxygen atoms in total. The molecule has 2 aromatic carbocycles. The minimum absolute atomic E-state index is 0.0579. The van der Waals surface area contributed by atoms with Crippen LogP contribution in [0.2, 0.25) is 0 Å². The number of aromatic nitrogens is 1. The zero-order valence-corrected chi connectivity index (χ0v) is 17.2. The summed E-state index contributed by atoms with van der Waals surface area (Å²) in [6.45, 7) is 5.81. The van der Waals surface area contributed by atoms with Crippen molar-refractivity contribution in [2.24, 2.45) is 5.92 Å². The van der Waals surface area contributed by atoms with E-state index in [2.05, 4.69) is 5.32 Å². The van der Waals surface area contributed by atoms with Crippen molar-refractivity contribution >= 4 is 28.3 Å². The number of fused-ring (bicyclic) bond motifs is 2. The summed E-state index contributed by atoms with van der Waals surface area (Å²) >= 11 is 0. The topological polar surface area (TPSA) is 59.1 Å². The van der Waals surface area contributed by atoms with Crippen LogP contribution < -0.4 is 5.32 Å². The van der Waals surface area contributed by atoms with Crippen LogP contribution in [0.25, 0.3) is 10.9 Å². The molecule has 0 aliphatic heterocycles. The van der Waals surface area contributed by atoms with Gasteiger partial charge in [0.05, 0.1) is 16.8 Å². The Morgan fingerprint density at radius 2 is 1.83 bits per heavy atom. The SMILES string of the molecule is CCc1cccc(NC(=O)c2c3c(nc4ccccc24)CCC3)c1C(=O)C(C)C. The highest BCUT2D eigenvalue weighted by Gasteiger charge is 2.25. The van der Waals surface area contributed by atoms with Crippen LogP contribution in [0.5, 0.6) is 0 Å². The number of rotatable bonds is 5. The molecule has 3 aromatic rings. The second-order valence-electron chi connectivity index (χ2n) is 7.95. The summed E-state index contributed by atoms with van der Waals surface area (Å²) in [5, 5.41) is 3.94. The number of Topliss-reactive ketones (excluding diaryl/α,β-unsaturated/α-hetero) is 1. The number of carbonyl (C=O) groups is 2. The number of benzene rings is 2. The van der Waals surface area contributed by atoms with Crippen molar-refractivity contribution in [2.45, 2.75) is 46.5 Å². The highest BCUT2D eigenvalue weighted by atomic mass is 16.2. The lowest BCUT2D eigenvalue weighted by molar-refractivity contribution is 0.0939. The number of carbonyl (C=O) groups excluding carboxylic acids is 2. The Labute approximate surface area is 171 Å². The zero-order chi connectivity index (χ0) is 20.5. The molecule has 0 radical (unpaired) electrons. The summed E-state index contributed by atoms with van der Waals surface area (Å²) in [6.07, 6.45) is 3.53. The van der Waals surface area contributed by atoms with Crippen molar-refractivity contribution in [1.29, 1.82) is 0 Å². The number of ketones is 1. The largest absolute Gasteiger partial charge is 0.321 e. The van der Waals surface area contributed by atoms with E-state index in [4.69, 9.17) is 4.98 Å². The van der Waals surface area contributed by atoms with Crippen molar-refractivity contribution in [3.63, 3.8) is 0 Å². The smallest absolute Gasteiger partial charge is 0.256 e. The van der Waals surface area contributed by atoms with Gasteiger partial charge in [-0.25, -0.2) is 0 Å². The van der Waals surface area contributed by atoms with E-state index in [1.165, 1.54) is 0 Å². The second kappa shape index (κ2) is 7.78. The molecule has 148 valence electrons. The van der Waals surface area contributed by atoms with E-state index in [1.807, 2.05) is 63.2 Å². The van der Waals surface area contributed by atoms with Gasteiger partial charge in [0.15, 0.2) is 5.78 Å². The first-order valence-electron chi connectivity index (χ1n) is 10.4. The molecule has 0 saturated carbocycles. The van der Waals surface area contributed by atoms with Gasteiger partial charge in [0.1, 0.15) is 0 Å². The summed E-state index contributed by atoms with van der Waals surface area (Å²) in [7, 11) is 0. The first-order chi connectivity index (χ1) is 14.0. The number of hydrogen-bond donors (Lipinski definition) is 1. The maximum Gasteiger partial charge on any atom is 0.256 e. The van der Waals surface area contributed by atoms with E-state index in [9.17, 15) is 9.59 Å². The molecule has 0 bridgehead atoms. The van der Waals surface area contributed by atoms with Crippen LogP contribution in [-0.2, 0) is 19.3 Å². The maximum absolute atomic E-state index is 13.5. The molecule has 29 heavy (non-hydrogen) atoms. The van der Waals surface area contributed by atoms with Crippen LogP contribution in [0, 0.1) is 5.92 Å². The number of nitrogens with zero attached hydrogens (tertiary/aromatic N) is 1. The molecule has 4 rings (SSSR count). The predicted molar refractivity (Wildman–Crippen MR) is 117 cm³/mol. The van der Waals surface area contributed by atoms with E-state index >= 15 is 0 Å². The molecule has 0 saturated heterocycles. The Morgan fingerprint density at radius 1 is 1.03 bits per heavy atom. The molecule has 0 fully saturated rings. The van der Waals surface area contributed by atoms with E-state index in [-0.39, 0.29) is 17.6 Å². The molecule has 1 heterocycles. The molecule has 0 unspecified atom stereocenters. The van der Waals surface area contributed by atoms with Crippen LogP contribution >= 0.6 is 0 Å². The number of nitrogens with one attached hydrogen (secondary N) is 1. The Bertz CT molecular complexity index is 1120. The third-order valence-electron chi connectivity index (χ3n) is 5.70. The van der Waals surface area contributed by atoms with Gasteiger partial charge in [0.25, 0.3) is 5.91 Å². The molecular formula is C25H26N2O2. The number of anilines is 1. The molecular weight excluding hydrogens is 360 g/mol. The van der Waals surface area contributed by atoms with E-state index in [0.29, 0.717) is 16.8 Å². The van der Waals surface area contributed by atoms with Crippen LogP contribution in [-0.4, -0.2) is 16.7 Å². The molecule has 1 aliphatic carbocycles. The van der Waals surface area contributed by atoms with E-state index in [1.54, 1.807) is 0 Å². The number of amides is 1. The normalized spacial score (nSPS) is 13.0. The fourth-order valence-electron chi connectivity index (χ4n) is 4.23. The van der Waals surface area contributed by atoms with Crippen LogP contribution in [0.1, 0.15) is 64.7 Å². The molecule has 1 aromatic heterocycles. The van der Waals surface area contributed by atoms with Crippen LogP contribution in [0.15, 0.2) is 42.5 Å². The first-order valence-corrected chi connectivity index (χ1v) is 10.4. The molecule has 0 spiro atoms. The maximum atomic E-state index is 13.5. The van der Waals surface area contributed by atoms with Crippen LogP contribution in [0.4, 0.5) is 5.69 Å². The third kappa shape index (κ3) is 3.44. The lowest BCUT2D eigenvalue weighted by atomic mass is 9.93. The minimum Gasteiger partial charge on any atom is -0.321 e. The average molecular weight is 386 g/mol. The van der Waals surface area contributed by atoms with Gasteiger partial charge in [-0.1, -0.05) is 51.1 Å². The summed E-state index contributed by atoms with van der Waals surface area (Å²) in [6, 6.07) is 13.5. The fourth-order valence-corrected chi connectivity index (χ4v) is 4.23. The van der Waals surface area contributed by atoms with Gasteiger partial charge in [0.2, 0.25) is 0 Å². The number of pyridine rings is 1. The highest BCUT2D eigenvalue weighted by molar-refractivity contribution is 6.16. The number of hydrogen-bond acceptors (Lipinski definition) is 3. The standard InChI is InChI=1S/C25H26N2O2/c1-4-16-9-7-14-21(22(16)24(28)15(2)3)27-25(29)23-17-10-5-6-12-19(17)26-20-13-8-11-18(20)23/h5-7,9-10,12,14-15H,4,8,11,13H2,1-3H3,(H,27,29). The first kappa shape index (κ1) is 19.3.